The number of H-pyrrole nitrogens is 1. The summed E-state index contributed by atoms with van der Waals surface area (Å²) < 4.78 is 0. The summed E-state index contributed by atoms with van der Waals surface area (Å²) in [4.78, 5) is 48.5. The Morgan fingerprint density at radius 3 is 2.68 bits per heavy atom. The van der Waals surface area contributed by atoms with E-state index in [4.69, 9.17) is 5.73 Å². The third kappa shape index (κ3) is 6.85. The Morgan fingerprint density at radius 1 is 1.14 bits per heavy atom. The minimum absolute atomic E-state index is 0.133. The Kier molecular flexibility index (Phi) is 8.73. The molecule has 1 aliphatic rings. The van der Waals surface area contributed by atoms with Gasteiger partial charge >= 0.3 is 0 Å². The zero-order valence-corrected chi connectivity index (χ0v) is 20.8. The predicted octanol–water partition coefficient (Wildman–Crippen LogP) is 1.73. The van der Waals surface area contributed by atoms with Crippen LogP contribution in [-0.4, -0.2) is 62.9 Å². The summed E-state index contributed by atoms with van der Waals surface area (Å²) in [5.74, 6) is -0.0198. The van der Waals surface area contributed by atoms with E-state index in [1.807, 2.05) is 24.3 Å². The number of aromatic nitrogens is 2. The van der Waals surface area contributed by atoms with E-state index in [9.17, 15) is 19.5 Å². The lowest BCUT2D eigenvalue weighted by Crippen LogP contribution is -2.53. The van der Waals surface area contributed by atoms with Gasteiger partial charge < -0.3 is 31.4 Å². The second kappa shape index (κ2) is 12.4. The van der Waals surface area contributed by atoms with Crippen LogP contribution in [-0.2, 0) is 27.3 Å². The smallest absolute Gasteiger partial charge is 0.243 e. The molecule has 2 atom stereocenters. The first kappa shape index (κ1) is 26.2. The third-order valence-corrected chi connectivity index (χ3v) is 6.62. The number of para-hydroxylation sites is 2. The molecule has 1 aromatic heterocycles. The molecular weight excluding hydrogens is 472 g/mol. The number of carbonyl (C=O) groups excluding carboxylic acids is 3. The number of hydrogen-bond acceptors (Lipinski definition) is 6. The minimum Gasteiger partial charge on any atom is -0.508 e. The Bertz CT molecular complexity index is 1190. The molecule has 3 aromatic rings. The summed E-state index contributed by atoms with van der Waals surface area (Å²) in [6.07, 6.45) is 3.28. The molecule has 0 radical (unpaired) electrons. The van der Waals surface area contributed by atoms with Gasteiger partial charge in [0, 0.05) is 6.54 Å². The number of amides is 3. The number of aromatic amines is 1. The molecule has 1 fully saturated rings. The van der Waals surface area contributed by atoms with Gasteiger partial charge in [0.05, 0.1) is 24.0 Å². The maximum Gasteiger partial charge on any atom is 0.243 e. The fraction of sp³-hybridized carbons (Fsp3) is 0.407. The first-order chi connectivity index (χ1) is 17.9. The van der Waals surface area contributed by atoms with Crippen molar-refractivity contribution in [2.75, 3.05) is 13.1 Å². The number of nitrogens with two attached hydrogens (primary N) is 1. The number of fused-ring (bicyclic) bond motifs is 1. The molecule has 2 aromatic carbocycles. The summed E-state index contributed by atoms with van der Waals surface area (Å²) >= 11 is 0. The van der Waals surface area contributed by atoms with Gasteiger partial charge in [0.1, 0.15) is 23.7 Å². The summed E-state index contributed by atoms with van der Waals surface area (Å²) in [6.45, 7) is 1.20. The highest BCUT2D eigenvalue weighted by molar-refractivity contribution is 5.92. The molecule has 0 bridgehead atoms. The molecule has 3 amide bonds. The maximum atomic E-state index is 13.2. The molecule has 10 nitrogen and oxygen atoms in total. The Hall–Kier alpha value is -3.92. The molecule has 0 spiro atoms. The molecular formula is C27H34N6O4. The van der Waals surface area contributed by atoms with Crippen molar-refractivity contribution in [2.24, 2.45) is 5.73 Å². The van der Waals surface area contributed by atoms with Crippen molar-refractivity contribution >= 4 is 28.8 Å². The topological polar surface area (TPSA) is 153 Å². The first-order valence-electron chi connectivity index (χ1n) is 12.7. The number of carbonyl (C=O) groups is 3. The molecule has 196 valence electrons. The van der Waals surface area contributed by atoms with Crippen molar-refractivity contribution in [1.29, 1.82) is 0 Å². The Labute approximate surface area is 215 Å². The lowest BCUT2D eigenvalue weighted by atomic mass is 10.1. The zero-order valence-electron chi connectivity index (χ0n) is 20.8. The lowest BCUT2D eigenvalue weighted by Gasteiger charge is -2.26. The molecule has 0 unspecified atom stereocenters. The van der Waals surface area contributed by atoms with Gasteiger partial charge in [-0.1, -0.05) is 24.3 Å². The van der Waals surface area contributed by atoms with Gasteiger partial charge in [0.15, 0.2) is 0 Å². The zero-order chi connectivity index (χ0) is 26.2. The fourth-order valence-corrected chi connectivity index (χ4v) is 4.64. The minimum atomic E-state index is -0.738. The SMILES string of the molecule is NCCCC[C@H](NC(=O)[C@@H]1CCCN1C(=O)Cc1ccc(O)cc1)C(=O)NCc1nc2ccccc2[nH]1. The number of phenols is 1. The molecule has 1 aliphatic heterocycles. The number of likely N-dealkylation sites (tertiary alicyclic amines) is 1. The van der Waals surface area contributed by atoms with E-state index >= 15 is 0 Å². The van der Waals surface area contributed by atoms with Gasteiger partial charge in [0.25, 0.3) is 0 Å². The monoisotopic (exact) mass is 506 g/mol. The van der Waals surface area contributed by atoms with Crippen LogP contribution in [0.3, 0.4) is 0 Å². The fourth-order valence-electron chi connectivity index (χ4n) is 4.64. The molecule has 0 saturated carbocycles. The van der Waals surface area contributed by atoms with E-state index in [0.29, 0.717) is 38.2 Å². The van der Waals surface area contributed by atoms with Crippen molar-refractivity contribution in [3.8, 4) is 5.75 Å². The highest BCUT2D eigenvalue weighted by Crippen LogP contribution is 2.20. The lowest BCUT2D eigenvalue weighted by molar-refractivity contribution is -0.139. The highest BCUT2D eigenvalue weighted by atomic mass is 16.3. The second-order valence-electron chi connectivity index (χ2n) is 9.35. The van der Waals surface area contributed by atoms with Crippen molar-refractivity contribution in [1.82, 2.24) is 25.5 Å². The number of rotatable bonds is 11. The Morgan fingerprint density at radius 2 is 1.92 bits per heavy atom. The summed E-state index contributed by atoms with van der Waals surface area (Å²) in [6, 6.07) is 12.7. The van der Waals surface area contributed by atoms with Crippen LogP contribution in [0.15, 0.2) is 48.5 Å². The molecule has 2 heterocycles. The number of unbranched alkanes of at least 4 members (excludes halogenated alkanes) is 1. The van der Waals surface area contributed by atoms with E-state index in [0.717, 1.165) is 29.4 Å². The average Bonchev–Trinajstić information content (AvgIpc) is 3.55. The number of benzene rings is 2. The van der Waals surface area contributed by atoms with E-state index in [-0.39, 0.29) is 36.4 Å². The second-order valence-corrected chi connectivity index (χ2v) is 9.35. The van der Waals surface area contributed by atoms with Crippen molar-refractivity contribution in [3.63, 3.8) is 0 Å². The van der Waals surface area contributed by atoms with E-state index in [1.54, 1.807) is 17.0 Å². The molecule has 4 rings (SSSR count). The predicted molar refractivity (Wildman–Crippen MR) is 139 cm³/mol. The van der Waals surface area contributed by atoms with Crippen LogP contribution >= 0.6 is 0 Å². The molecule has 0 aliphatic carbocycles. The van der Waals surface area contributed by atoms with Gasteiger partial charge in [-0.05, 0) is 68.5 Å². The van der Waals surface area contributed by atoms with Gasteiger partial charge in [-0.25, -0.2) is 4.98 Å². The standard InChI is InChI=1S/C27H34N6O4/c28-14-4-3-8-22(26(36)29-17-24-30-20-6-1-2-7-21(20)31-24)32-27(37)23-9-5-15-33(23)25(35)16-18-10-12-19(34)13-11-18/h1-2,6-7,10-13,22-23,34H,3-5,8-9,14-17,28H2,(H,29,36)(H,30,31)(H,32,37)/t22-,23-/m0/s1. The van der Waals surface area contributed by atoms with Crippen molar-refractivity contribution in [2.45, 2.75) is 57.2 Å². The van der Waals surface area contributed by atoms with Crippen molar-refractivity contribution < 1.29 is 19.5 Å². The maximum absolute atomic E-state index is 13.2. The van der Waals surface area contributed by atoms with Gasteiger partial charge in [-0.15, -0.1) is 0 Å². The van der Waals surface area contributed by atoms with Gasteiger partial charge in [0.2, 0.25) is 17.7 Å². The average molecular weight is 507 g/mol. The molecule has 37 heavy (non-hydrogen) atoms. The highest BCUT2D eigenvalue weighted by Gasteiger charge is 2.35. The quantitative estimate of drug-likeness (QED) is 0.250. The van der Waals surface area contributed by atoms with Crippen LogP contribution in [0, 0.1) is 0 Å². The number of phenolic OH excluding ortho intramolecular Hbond substituents is 1. The Balaban J connectivity index is 1.37. The van der Waals surface area contributed by atoms with Crippen LogP contribution in [0.5, 0.6) is 5.75 Å². The van der Waals surface area contributed by atoms with Crippen LogP contribution in [0.2, 0.25) is 0 Å². The number of imidazole rings is 1. The van der Waals surface area contributed by atoms with Gasteiger partial charge in [-0.3, -0.25) is 14.4 Å². The van der Waals surface area contributed by atoms with E-state index in [2.05, 4.69) is 20.6 Å². The summed E-state index contributed by atoms with van der Waals surface area (Å²) in [7, 11) is 0. The molecule has 6 N–H and O–H groups in total. The molecule has 10 heteroatoms. The van der Waals surface area contributed by atoms with Crippen LogP contribution in [0.4, 0.5) is 0 Å². The van der Waals surface area contributed by atoms with Crippen LogP contribution in [0.1, 0.15) is 43.5 Å². The van der Waals surface area contributed by atoms with Crippen LogP contribution < -0.4 is 16.4 Å². The first-order valence-corrected chi connectivity index (χ1v) is 12.7. The van der Waals surface area contributed by atoms with E-state index in [1.165, 1.54) is 12.1 Å². The number of hydrogen-bond donors (Lipinski definition) is 5. The summed E-state index contributed by atoms with van der Waals surface area (Å²) in [5.41, 5.74) is 8.09. The molecule has 1 saturated heterocycles. The third-order valence-electron chi connectivity index (χ3n) is 6.62. The number of nitrogens with one attached hydrogen (secondary N) is 3. The van der Waals surface area contributed by atoms with E-state index < -0.39 is 12.1 Å². The number of nitrogens with zero attached hydrogens (tertiary/aromatic N) is 2. The summed E-state index contributed by atoms with van der Waals surface area (Å²) in [5, 5.41) is 15.2. The largest absolute Gasteiger partial charge is 0.508 e. The number of aromatic hydroxyl groups is 1. The van der Waals surface area contributed by atoms with Gasteiger partial charge in [-0.2, -0.15) is 0 Å². The normalized spacial score (nSPS) is 16.0. The van der Waals surface area contributed by atoms with Crippen LogP contribution in [0.25, 0.3) is 11.0 Å². The van der Waals surface area contributed by atoms with Crippen molar-refractivity contribution in [3.05, 3.63) is 59.9 Å².